The summed E-state index contributed by atoms with van der Waals surface area (Å²) in [5, 5.41) is 21.6. The Kier molecular flexibility index (Phi) is 2.35. The Morgan fingerprint density at radius 2 is 1.53 bits per heavy atom. The van der Waals surface area contributed by atoms with E-state index in [0.29, 0.717) is 5.56 Å². The second-order valence-corrected chi connectivity index (χ2v) is 5.11. The van der Waals surface area contributed by atoms with E-state index >= 15 is 0 Å². The predicted octanol–water partition coefficient (Wildman–Crippen LogP) is 2.27. The van der Waals surface area contributed by atoms with Gasteiger partial charge in [-0.25, -0.2) is 0 Å². The van der Waals surface area contributed by atoms with Gasteiger partial charge in [-0.05, 0) is 11.1 Å². The molecule has 1 aromatic rings. The van der Waals surface area contributed by atoms with Gasteiger partial charge in [-0.15, -0.1) is 6.58 Å². The van der Waals surface area contributed by atoms with Crippen LogP contribution in [-0.2, 0) is 11.0 Å². The summed E-state index contributed by atoms with van der Waals surface area (Å²) in [5.74, 6) is 0. The third kappa shape index (κ3) is 1.12. The summed E-state index contributed by atoms with van der Waals surface area (Å²) < 4.78 is 0. The summed E-state index contributed by atoms with van der Waals surface area (Å²) >= 11 is 0. The molecule has 0 saturated carbocycles. The molecule has 1 aliphatic rings. The standard InChI is InChI=1S/C15H18O2/c1-5-14(16)12-10-8-7-9-11(12)13(3,4)15(14,17)6-2/h5-10,16-17H,1-2H2,3-4H3/t14-,15-/m1/s1. The fourth-order valence-electron chi connectivity index (χ4n) is 2.92. The number of aliphatic hydroxyl groups is 2. The third-order valence-electron chi connectivity index (χ3n) is 4.14. The van der Waals surface area contributed by atoms with Crippen LogP contribution in [-0.4, -0.2) is 15.8 Å². The molecule has 1 aromatic carbocycles. The molecular weight excluding hydrogens is 212 g/mol. The maximum Gasteiger partial charge on any atom is 0.141 e. The molecule has 0 spiro atoms. The SMILES string of the molecule is C=C[C@@]1(O)c2ccccc2C(C)(C)[C@]1(O)C=C. The van der Waals surface area contributed by atoms with E-state index in [0.717, 1.165) is 5.56 Å². The van der Waals surface area contributed by atoms with Crippen LogP contribution in [0, 0.1) is 0 Å². The van der Waals surface area contributed by atoms with E-state index < -0.39 is 16.6 Å². The minimum atomic E-state index is -1.49. The van der Waals surface area contributed by atoms with E-state index in [4.69, 9.17) is 0 Å². The van der Waals surface area contributed by atoms with Gasteiger partial charge in [0.05, 0.1) is 0 Å². The van der Waals surface area contributed by atoms with Gasteiger partial charge in [0.2, 0.25) is 0 Å². The van der Waals surface area contributed by atoms with Crippen LogP contribution in [0.25, 0.3) is 0 Å². The lowest BCUT2D eigenvalue weighted by atomic mass is 9.70. The van der Waals surface area contributed by atoms with Crippen LogP contribution < -0.4 is 0 Å². The predicted molar refractivity (Wildman–Crippen MR) is 68.7 cm³/mol. The van der Waals surface area contributed by atoms with Crippen molar-refractivity contribution in [2.24, 2.45) is 0 Å². The van der Waals surface area contributed by atoms with Gasteiger partial charge in [-0.2, -0.15) is 0 Å². The van der Waals surface area contributed by atoms with E-state index in [2.05, 4.69) is 13.2 Å². The monoisotopic (exact) mass is 230 g/mol. The Morgan fingerprint density at radius 3 is 2.00 bits per heavy atom. The summed E-state index contributed by atoms with van der Waals surface area (Å²) in [7, 11) is 0. The largest absolute Gasteiger partial charge is 0.381 e. The number of hydrogen-bond acceptors (Lipinski definition) is 2. The first-order chi connectivity index (χ1) is 7.85. The van der Waals surface area contributed by atoms with Gasteiger partial charge in [0.15, 0.2) is 0 Å². The van der Waals surface area contributed by atoms with E-state index in [-0.39, 0.29) is 0 Å². The lowest BCUT2D eigenvalue weighted by molar-refractivity contribution is -0.117. The second kappa shape index (κ2) is 3.31. The molecule has 0 heterocycles. The molecule has 17 heavy (non-hydrogen) atoms. The Bertz CT molecular complexity index is 489. The average molecular weight is 230 g/mol. The van der Waals surface area contributed by atoms with Crippen molar-refractivity contribution in [1.82, 2.24) is 0 Å². The Hall–Kier alpha value is -1.38. The van der Waals surface area contributed by atoms with Gasteiger partial charge < -0.3 is 10.2 Å². The van der Waals surface area contributed by atoms with Gasteiger partial charge >= 0.3 is 0 Å². The molecule has 2 atom stereocenters. The van der Waals surface area contributed by atoms with E-state index in [9.17, 15) is 10.2 Å². The van der Waals surface area contributed by atoms with Crippen LogP contribution in [0.1, 0.15) is 25.0 Å². The van der Waals surface area contributed by atoms with Gasteiger partial charge in [0, 0.05) is 5.41 Å². The van der Waals surface area contributed by atoms with E-state index in [1.807, 2.05) is 38.1 Å². The summed E-state index contributed by atoms with van der Waals surface area (Å²) in [6.45, 7) is 11.1. The molecule has 0 aromatic heterocycles. The van der Waals surface area contributed by atoms with Crippen molar-refractivity contribution in [3.63, 3.8) is 0 Å². The van der Waals surface area contributed by atoms with Crippen LogP contribution in [0.15, 0.2) is 49.6 Å². The molecule has 0 unspecified atom stereocenters. The number of fused-ring (bicyclic) bond motifs is 1. The molecule has 0 radical (unpaired) electrons. The molecule has 0 amide bonds. The van der Waals surface area contributed by atoms with Crippen LogP contribution >= 0.6 is 0 Å². The first-order valence-electron chi connectivity index (χ1n) is 5.67. The lowest BCUT2D eigenvalue weighted by Crippen LogP contribution is -2.54. The molecule has 2 heteroatoms. The van der Waals surface area contributed by atoms with Crippen LogP contribution in [0.2, 0.25) is 0 Å². The van der Waals surface area contributed by atoms with Crippen molar-refractivity contribution in [3.05, 3.63) is 60.7 Å². The van der Waals surface area contributed by atoms with Crippen molar-refractivity contribution in [2.45, 2.75) is 30.5 Å². The highest BCUT2D eigenvalue weighted by Gasteiger charge is 2.63. The minimum absolute atomic E-state index is 0.617. The Balaban J connectivity index is 2.86. The lowest BCUT2D eigenvalue weighted by Gasteiger charge is -2.42. The number of benzene rings is 1. The van der Waals surface area contributed by atoms with Crippen molar-refractivity contribution >= 4 is 0 Å². The van der Waals surface area contributed by atoms with Crippen LogP contribution in [0.4, 0.5) is 0 Å². The quantitative estimate of drug-likeness (QED) is 0.765. The van der Waals surface area contributed by atoms with Crippen molar-refractivity contribution < 1.29 is 10.2 Å². The van der Waals surface area contributed by atoms with Crippen molar-refractivity contribution in [2.75, 3.05) is 0 Å². The maximum atomic E-state index is 10.8. The van der Waals surface area contributed by atoms with Crippen LogP contribution in [0.5, 0.6) is 0 Å². The highest BCUT2D eigenvalue weighted by atomic mass is 16.4. The molecule has 90 valence electrons. The number of hydrogen-bond donors (Lipinski definition) is 2. The van der Waals surface area contributed by atoms with Gasteiger partial charge in [0.1, 0.15) is 11.2 Å². The summed E-state index contributed by atoms with van der Waals surface area (Å²) in [5.41, 5.74) is -1.94. The fourth-order valence-corrected chi connectivity index (χ4v) is 2.92. The first-order valence-corrected chi connectivity index (χ1v) is 5.67. The molecule has 2 N–H and O–H groups in total. The summed E-state index contributed by atoms with van der Waals surface area (Å²) in [6, 6.07) is 7.49. The van der Waals surface area contributed by atoms with Crippen molar-refractivity contribution in [1.29, 1.82) is 0 Å². The molecule has 2 rings (SSSR count). The van der Waals surface area contributed by atoms with E-state index in [1.165, 1.54) is 12.2 Å². The fraction of sp³-hybridized carbons (Fsp3) is 0.333. The molecule has 0 bridgehead atoms. The van der Waals surface area contributed by atoms with Crippen LogP contribution in [0.3, 0.4) is 0 Å². The normalized spacial score (nSPS) is 34.1. The molecule has 0 saturated heterocycles. The topological polar surface area (TPSA) is 40.5 Å². The van der Waals surface area contributed by atoms with Gasteiger partial charge in [-0.3, -0.25) is 0 Å². The zero-order valence-electron chi connectivity index (χ0n) is 10.3. The van der Waals surface area contributed by atoms with Crippen molar-refractivity contribution in [3.8, 4) is 0 Å². The zero-order chi connectivity index (χ0) is 12.9. The van der Waals surface area contributed by atoms with E-state index in [1.54, 1.807) is 0 Å². The summed E-state index contributed by atoms with van der Waals surface area (Å²) in [4.78, 5) is 0. The smallest absolute Gasteiger partial charge is 0.141 e. The Labute approximate surface area is 102 Å². The highest BCUT2D eigenvalue weighted by molar-refractivity contribution is 5.54. The molecule has 1 aliphatic carbocycles. The van der Waals surface area contributed by atoms with Gasteiger partial charge in [0.25, 0.3) is 0 Å². The maximum absolute atomic E-state index is 10.8. The third-order valence-corrected chi connectivity index (χ3v) is 4.14. The second-order valence-electron chi connectivity index (χ2n) is 5.11. The Morgan fingerprint density at radius 1 is 1.00 bits per heavy atom. The first kappa shape index (κ1) is 12.1. The highest BCUT2D eigenvalue weighted by Crippen LogP contribution is 2.56. The number of rotatable bonds is 2. The molecule has 2 nitrogen and oxygen atoms in total. The minimum Gasteiger partial charge on any atom is -0.381 e. The zero-order valence-corrected chi connectivity index (χ0v) is 10.3. The van der Waals surface area contributed by atoms with Gasteiger partial charge in [-0.1, -0.05) is 56.8 Å². The summed E-state index contributed by atoms with van der Waals surface area (Å²) in [6.07, 6.45) is 2.80. The average Bonchev–Trinajstić information content (AvgIpc) is 2.48. The molecule has 0 fully saturated rings. The molecular formula is C15H18O2. The molecule has 0 aliphatic heterocycles.